The van der Waals surface area contributed by atoms with E-state index in [9.17, 15) is 0 Å². The Hall–Kier alpha value is -1.22. The molecule has 0 aliphatic carbocycles. The molecule has 3 nitrogen and oxygen atoms in total. The van der Waals surface area contributed by atoms with Gasteiger partial charge < -0.3 is 15.0 Å². The van der Waals surface area contributed by atoms with E-state index in [2.05, 4.69) is 49.2 Å². The van der Waals surface area contributed by atoms with Crippen molar-refractivity contribution in [3.63, 3.8) is 0 Å². The lowest BCUT2D eigenvalue weighted by atomic mass is 9.90. The van der Waals surface area contributed by atoms with Gasteiger partial charge in [-0.05, 0) is 82.9 Å². The lowest BCUT2D eigenvalue weighted by Crippen LogP contribution is -2.39. The molecule has 1 N–H and O–H groups in total. The molecule has 1 saturated heterocycles. The van der Waals surface area contributed by atoms with Crippen LogP contribution in [0.2, 0.25) is 0 Å². The molecule has 0 amide bonds. The summed E-state index contributed by atoms with van der Waals surface area (Å²) in [4.78, 5) is 2.55. The van der Waals surface area contributed by atoms with E-state index in [-0.39, 0.29) is 0 Å². The van der Waals surface area contributed by atoms with Crippen molar-refractivity contribution < 1.29 is 4.74 Å². The Labute approximate surface area is 129 Å². The molecule has 1 unspecified atom stereocenters. The Morgan fingerprint density at radius 2 is 2.00 bits per heavy atom. The molecule has 0 saturated carbocycles. The zero-order valence-electron chi connectivity index (χ0n) is 14.0. The first-order chi connectivity index (χ1) is 10.1. The molecule has 0 aromatic heterocycles. The fourth-order valence-corrected chi connectivity index (χ4v) is 3.19. The maximum Gasteiger partial charge on any atom is 0.119 e. The summed E-state index contributed by atoms with van der Waals surface area (Å²) in [6.45, 7) is 13.1. The summed E-state index contributed by atoms with van der Waals surface area (Å²) < 4.78 is 5.55. The normalized spacial score (nSPS) is 18.5. The second-order valence-electron chi connectivity index (χ2n) is 6.11. The van der Waals surface area contributed by atoms with Crippen molar-refractivity contribution in [2.24, 2.45) is 5.92 Å². The molecule has 1 aromatic carbocycles. The van der Waals surface area contributed by atoms with E-state index in [4.69, 9.17) is 4.74 Å². The highest BCUT2D eigenvalue weighted by atomic mass is 16.5. The number of hydrogen-bond acceptors (Lipinski definition) is 3. The molecule has 1 atom stereocenters. The fraction of sp³-hybridized carbons (Fsp3) is 0.667. The second-order valence-corrected chi connectivity index (χ2v) is 6.11. The minimum absolute atomic E-state index is 0.528. The van der Waals surface area contributed by atoms with Crippen LogP contribution < -0.4 is 10.1 Å². The average Bonchev–Trinajstić information content (AvgIpc) is 2.50. The third kappa shape index (κ3) is 4.37. The van der Waals surface area contributed by atoms with Crippen LogP contribution in [-0.2, 0) is 0 Å². The SMILES string of the molecule is CCOc1ccc(NC(C)C2CCN(CC)CC2)c(C)c1. The summed E-state index contributed by atoms with van der Waals surface area (Å²) in [5, 5.41) is 3.71. The van der Waals surface area contributed by atoms with Gasteiger partial charge in [0.1, 0.15) is 5.75 Å². The summed E-state index contributed by atoms with van der Waals surface area (Å²) >= 11 is 0. The smallest absolute Gasteiger partial charge is 0.119 e. The van der Waals surface area contributed by atoms with Gasteiger partial charge in [0.05, 0.1) is 6.61 Å². The van der Waals surface area contributed by atoms with Crippen LogP contribution in [0, 0.1) is 12.8 Å². The quantitative estimate of drug-likeness (QED) is 0.859. The Balaban J connectivity index is 1.92. The summed E-state index contributed by atoms with van der Waals surface area (Å²) in [5.74, 6) is 1.74. The zero-order valence-corrected chi connectivity index (χ0v) is 14.0. The number of likely N-dealkylation sites (tertiary alicyclic amines) is 1. The molecule has 1 aliphatic heterocycles. The molecule has 0 bridgehead atoms. The molecule has 21 heavy (non-hydrogen) atoms. The van der Waals surface area contributed by atoms with Gasteiger partial charge in [0.25, 0.3) is 0 Å². The van der Waals surface area contributed by atoms with Gasteiger partial charge in [-0.1, -0.05) is 6.92 Å². The molecule has 0 radical (unpaired) electrons. The van der Waals surface area contributed by atoms with E-state index in [1.165, 1.54) is 43.7 Å². The Kier molecular flexibility index (Phi) is 5.92. The summed E-state index contributed by atoms with van der Waals surface area (Å²) in [5.41, 5.74) is 2.50. The molecule has 1 heterocycles. The minimum Gasteiger partial charge on any atom is -0.494 e. The van der Waals surface area contributed by atoms with Crippen molar-refractivity contribution in [3.8, 4) is 5.75 Å². The van der Waals surface area contributed by atoms with Gasteiger partial charge in [-0.2, -0.15) is 0 Å². The molecule has 3 heteroatoms. The molecule has 118 valence electrons. The highest BCUT2D eigenvalue weighted by molar-refractivity contribution is 5.54. The van der Waals surface area contributed by atoms with E-state index in [1.807, 2.05) is 6.92 Å². The zero-order chi connectivity index (χ0) is 15.2. The van der Waals surface area contributed by atoms with E-state index in [0.29, 0.717) is 6.04 Å². The number of benzene rings is 1. The summed E-state index contributed by atoms with van der Waals surface area (Å²) in [6.07, 6.45) is 2.61. The molecular formula is C18H30N2O. The van der Waals surface area contributed by atoms with Crippen LogP contribution in [0.15, 0.2) is 18.2 Å². The van der Waals surface area contributed by atoms with Crippen molar-refractivity contribution in [1.82, 2.24) is 4.90 Å². The van der Waals surface area contributed by atoms with Gasteiger partial charge in [-0.3, -0.25) is 0 Å². The van der Waals surface area contributed by atoms with Crippen LogP contribution in [0.4, 0.5) is 5.69 Å². The van der Waals surface area contributed by atoms with Gasteiger partial charge in [-0.15, -0.1) is 0 Å². The third-order valence-electron chi connectivity index (χ3n) is 4.68. The fourth-order valence-electron chi connectivity index (χ4n) is 3.19. The molecular weight excluding hydrogens is 260 g/mol. The lowest BCUT2D eigenvalue weighted by Gasteiger charge is -2.35. The van der Waals surface area contributed by atoms with Crippen LogP contribution >= 0.6 is 0 Å². The maximum atomic E-state index is 5.55. The van der Waals surface area contributed by atoms with Crippen LogP contribution in [0.1, 0.15) is 39.2 Å². The van der Waals surface area contributed by atoms with Crippen molar-refractivity contribution in [1.29, 1.82) is 0 Å². The second kappa shape index (κ2) is 7.69. The molecule has 2 rings (SSSR count). The van der Waals surface area contributed by atoms with E-state index >= 15 is 0 Å². The van der Waals surface area contributed by atoms with E-state index < -0.39 is 0 Å². The third-order valence-corrected chi connectivity index (χ3v) is 4.68. The Morgan fingerprint density at radius 3 is 2.57 bits per heavy atom. The van der Waals surface area contributed by atoms with E-state index in [1.54, 1.807) is 0 Å². The number of aryl methyl sites for hydroxylation is 1. The van der Waals surface area contributed by atoms with Gasteiger partial charge in [0.15, 0.2) is 0 Å². The van der Waals surface area contributed by atoms with Gasteiger partial charge in [0.2, 0.25) is 0 Å². The predicted octanol–water partition coefficient (Wildman–Crippen LogP) is 3.93. The molecule has 0 spiro atoms. The van der Waals surface area contributed by atoms with E-state index in [0.717, 1.165) is 18.3 Å². The molecule has 1 aromatic rings. The number of nitrogens with zero attached hydrogens (tertiary/aromatic N) is 1. The van der Waals surface area contributed by atoms with Gasteiger partial charge >= 0.3 is 0 Å². The minimum atomic E-state index is 0.528. The van der Waals surface area contributed by atoms with Gasteiger partial charge in [-0.25, -0.2) is 0 Å². The van der Waals surface area contributed by atoms with Crippen LogP contribution in [0.25, 0.3) is 0 Å². The van der Waals surface area contributed by atoms with Crippen molar-refractivity contribution in [2.45, 2.75) is 46.6 Å². The number of rotatable bonds is 6. The highest BCUT2D eigenvalue weighted by Gasteiger charge is 2.23. The van der Waals surface area contributed by atoms with Gasteiger partial charge in [0, 0.05) is 11.7 Å². The van der Waals surface area contributed by atoms with Crippen LogP contribution in [0.3, 0.4) is 0 Å². The number of anilines is 1. The summed E-state index contributed by atoms with van der Waals surface area (Å²) in [7, 11) is 0. The standard InChI is InChI=1S/C18H30N2O/c1-5-20-11-9-16(10-12-20)15(4)19-18-8-7-17(21-6-2)13-14(18)3/h7-8,13,15-16,19H,5-6,9-12H2,1-4H3. The molecule has 1 fully saturated rings. The average molecular weight is 290 g/mol. The maximum absolute atomic E-state index is 5.55. The van der Waals surface area contributed by atoms with Crippen molar-refractivity contribution >= 4 is 5.69 Å². The lowest BCUT2D eigenvalue weighted by molar-refractivity contribution is 0.183. The number of nitrogens with one attached hydrogen (secondary N) is 1. The summed E-state index contributed by atoms with van der Waals surface area (Å²) in [6, 6.07) is 6.86. The Morgan fingerprint density at radius 1 is 1.29 bits per heavy atom. The van der Waals surface area contributed by atoms with Crippen LogP contribution in [0.5, 0.6) is 5.75 Å². The largest absolute Gasteiger partial charge is 0.494 e. The topological polar surface area (TPSA) is 24.5 Å². The Bertz CT molecular complexity index is 439. The number of hydrogen-bond donors (Lipinski definition) is 1. The monoisotopic (exact) mass is 290 g/mol. The first kappa shape index (κ1) is 16.2. The van der Waals surface area contributed by atoms with Crippen molar-refractivity contribution in [3.05, 3.63) is 23.8 Å². The predicted molar refractivity (Wildman–Crippen MR) is 90.3 cm³/mol. The first-order valence-corrected chi connectivity index (χ1v) is 8.36. The first-order valence-electron chi connectivity index (χ1n) is 8.36. The highest BCUT2D eigenvalue weighted by Crippen LogP contribution is 2.26. The van der Waals surface area contributed by atoms with Crippen LogP contribution in [-0.4, -0.2) is 37.2 Å². The number of ether oxygens (including phenoxy) is 1. The molecule has 1 aliphatic rings. The van der Waals surface area contributed by atoms with Crippen molar-refractivity contribution in [2.75, 3.05) is 31.6 Å². The number of piperidine rings is 1.